The average Bonchev–Trinajstić information content (AvgIpc) is 2.45. The molecule has 118 valence electrons. The van der Waals surface area contributed by atoms with E-state index in [4.69, 9.17) is 9.84 Å². The maximum Gasteiger partial charge on any atom is 0.337 e. The Bertz CT molecular complexity index is 395. The van der Waals surface area contributed by atoms with Crippen LogP contribution in [-0.2, 0) is 23.9 Å². The van der Waals surface area contributed by atoms with Crippen LogP contribution in [0.25, 0.3) is 0 Å². The van der Waals surface area contributed by atoms with Crippen LogP contribution >= 0.6 is 0 Å². The average molecular weight is 298 g/mol. The van der Waals surface area contributed by atoms with Crippen LogP contribution in [0.1, 0.15) is 26.7 Å². The third-order valence-electron chi connectivity index (χ3n) is 1.87. The van der Waals surface area contributed by atoms with Gasteiger partial charge in [-0.25, -0.2) is 14.4 Å². The molecule has 0 amide bonds. The van der Waals surface area contributed by atoms with Gasteiger partial charge in [0.25, 0.3) is 0 Å². The molecule has 0 rings (SSSR count). The van der Waals surface area contributed by atoms with Crippen molar-refractivity contribution in [2.45, 2.75) is 26.7 Å². The topological polar surface area (TPSA) is 89.9 Å². The number of hydrogen-bond donors (Lipinski definition) is 1. The standard InChI is InChI=1S/C10H14O4.C5H8O2/c1-3-4-7-14-10(13)8(2)5-6-9(11)12;1-3-5(6)7-4-2/h5-6H,2-4,7H2,1H3,(H,11,12);3H,1,4H2,2H3. The molecule has 0 aliphatic heterocycles. The highest BCUT2D eigenvalue weighted by Crippen LogP contribution is 1.98. The fourth-order valence-corrected chi connectivity index (χ4v) is 0.843. The zero-order valence-electron chi connectivity index (χ0n) is 12.5. The zero-order chi connectivity index (χ0) is 16.7. The normalized spacial score (nSPS) is 9.24. The van der Waals surface area contributed by atoms with Crippen LogP contribution in [0.2, 0.25) is 0 Å². The van der Waals surface area contributed by atoms with Crippen LogP contribution in [-0.4, -0.2) is 36.2 Å². The van der Waals surface area contributed by atoms with E-state index >= 15 is 0 Å². The lowest BCUT2D eigenvalue weighted by Gasteiger charge is -2.02. The molecule has 0 spiro atoms. The van der Waals surface area contributed by atoms with E-state index in [1.165, 1.54) is 0 Å². The Morgan fingerprint density at radius 2 is 1.76 bits per heavy atom. The third kappa shape index (κ3) is 15.6. The van der Waals surface area contributed by atoms with Gasteiger partial charge in [0.1, 0.15) is 0 Å². The van der Waals surface area contributed by atoms with Gasteiger partial charge in [-0.05, 0) is 19.4 Å². The number of unbranched alkanes of at least 4 members (excludes halogenated alkanes) is 1. The first-order chi connectivity index (χ1) is 9.88. The van der Waals surface area contributed by atoms with Gasteiger partial charge in [0.15, 0.2) is 0 Å². The van der Waals surface area contributed by atoms with E-state index < -0.39 is 11.9 Å². The van der Waals surface area contributed by atoms with Crippen molar-refractivity contribution in [3.05, 3.63) is 37.0 Å². The number of ether oxygens (including phenoxy) is 2. The summed E-state index contributed by atoms with van der Waals surface area (Å²) in [6, 6.07) is 0. The van der Waals surface area contributed by atoms with Crippen LogP contribution in [0.3, 0.4) is 0 Å². The lowest BCUT2D eigenvalue weighted by molar-refractivity contribution is -0.139. The zero-order valence-corrected chi connectivity index (χ0v) is 12.5. The molecular weight excluding hydrogens is 276 g/mol. The quantitative estimate of drug-likeness (QED) is 0.320. The van der Waals surface area contributed by atoms with Gasteiger partial charge in [-0.2, -0.15) is 0 Å². The second-order valence-corrected chi connectivity index (χ2v) is 3.64. The van der Waals surface area contributed by atoms with Crippen LogP contribution in [0.15, 0.2) is 37.0 Å². The summed E-state index contributed by atoms with van der Waals surface area (Å²) in [6.07, 6.45) is 4.84. The highest BCUT2D eigenvalue weighted by molar-refractivity contribution is 5.93. The lowest BCUT2D eigenvalue weighted by Crippen LogP contribution is -2.07. The summed E-state index contributed by atoms with van der Waals surface area (Å²) in [5.74, 6) is -2.05. The molecule has 0 heterocycles. The summed E-state index contributed by atoms with van der Waals surface area (Å²) in [7, 11) is 0. The van der Waals surface area contributed by atoms with Crippen LogP contribution in [0.4, 0.5) is 0 Å². The summed E-state index contributed by atoms with van der Waals surface area (Å²) >= 11 is 0. The minimum atomic E-state index is -1.12. The maximum absolute atomic E-state index is 11.1. The summed E-state index contributed by atoms with van der Waals surface area (Å²) in [5.41, 5.74) is 0.0449. The number of carboxylic acid groups (broad SMARTS) is 1. The van der Waals surface area contributed by atoms with Crippen molar-refractivity contribution in [2.24, 2.45) is 0 Å². The predicted molar refractivity (Wildman–Crippen MR) is 78.6 cm³/mol. The summed E-state index contributed by atoms with van der Waals surface area (Å²) in [6.45, 7) is 11.1. The molecule has 6 nitrogen and oxygen atoms in total. The minimum Gasteiger partial charge on any atom is -0.478 e. The molecule has 1 N–H and O–H groups in total. The van der Waals surface area contributed by atoms with Gasteiger partial charge < -0.3 is 14.6 Å². The highest BCUT2D eigenvalue weighted by Gasteiger charge is 2.04. The monoisotopic (exact) mass is 298 g/mol. The molecule has 0 aromatic carbocycles. The summed E-state index contributed by atoms with van der Waals surface area (Å²) in [5, 5.41) is 8.28. The number of carbonyl (C=O) groups is 3. The molecule has 0 aromatic heterocycles. The fourth-order valence-electron chi connectivity index (χ4n) is 0.843. The van der Waals surface area contributed by atoms with Gasteiger partial charge in [-0.1, -0.05) is 26.5 Å². The molecule has 0 unspecified atom stereocenters. The molecule has 0 saturated heterocycles. The molecule has 0 fully saturated rings. The van der Waals surface area contributed by atoms with E-state index in [1.807, 2.05) is 6.92 Å². The molecule has 6 heteroatoms. The Morgan fingerprint density at radius 1 is 1.14 bits per heavy atom. The SMILES string of the molecule is C=C(C=CC(=O)O)C(=O)OCCCC.C=CC(=O)OCC. The number of esters is 2. The molecule has 0 aliphatic rings. The van der Waals surface area contributed by atoms with Crippen LogP contribution in [0, 0.1) is 0 Å². The van der Waals surface area contributed by atoms with E-state index in [0.29, 0.717) is 13.2 Å². The first-order valence-electron chi connectivity index (χ1n) is 6.45. The number of rotatable bonds is 8. The van der Waals surface area contributed by atoms with E-state index in [-0.39, 0.29) is 11.5 Å². The number of hydrogen-bond acceptors (Lipinski definition) is 5. The van der Waals surface area contributed by atoms with Crippen molar-refractivity contribution < 1.29 is 29.0 Å². The van der Waals surface area contributed by atoms with Crippen molar-refractivity contribution in [2.75, 3.05) is 13.2 Å². The number of aliphatic carboxylic acids is 1. The molecule has 0 aromatic rings. The second-order valence-electron chi connectivity index (χ2n) is 3.64. The van der Waals surface area contributed by atoms with Crippen LogP contribution < -0.4 is 0 Å². The largest absolute Gasteiger partial charge is 0.478 e. The van der Waals surface area contributed by atoms with Crippen molar-refractivity contribution >= 4 is 17.9 Å². The van der Waals surface area contributed by atoms with Crippen molar-refractivity contribution in [1.29, 1.82) is 0 Å². The molecule has 0 atom stereocenters. The fraction of sp³-hybridized carbons (Fsp3) is 0.400. The second kappa shape index (κ2) is 14.0. The first-order valence-corrected chi connectivity index (χ1v) is 6.45. The maximum atomic E-state index is 11.1. The Morgan fingerprint density at radius 3 is 2.14 bits per heavy atom. The van der Waals surface area contributed by atoms with Gasteiger partial charge in [-0.15, -0.1) is 0 Å². The van der Waals surface area contributed by atoms with E-state index in [2.05, 4.69) is 17.9 Å². The van der Waals surface area contributed by atoms with E-state index in [1.54, 1.807) is 6.92 Å². The molecule has 0 bridgehead atoms. The smallest absolute Gasteiger partial charge is 0.337 e. The van der Waals surface area contributed by atoms with E-state index in [9.17, 15) is 14.4 Å². The van der Waals surface area contributed by atoms with E-state index in [0.717, 1.165) is 31.1 Å². The lowest BCUT2D eigenvalue weighted by atomic mass is 10.3. The Labute approximate surface area is 124 Å². The molecule has 0 saturated carbocycles. The van der Waals surface area contributed by atoms with Gasteiger partial charge >= 0.3 is 17.9 Å². The molecule has 21 heavy (non-hydrogen) atoms. The Hall–Kier alpha value is -2.37. The Kier molecular flexibility index (Phi) is 14.0. The van der Waals surface area contributed by atoms with Crippen molar-refractivity contribution in [1.82, 2.24) is 0 Å². The predicted octanol–water partition coefficient (Wildman–Crippen LogP) is 2.26. The number of carboxylic acids is 1. The van der Waals surface area contributed by atoms with Crippen LogP contribution in [0.5, 0.6) is 0 Å². The van der Waals surface area contributed by atoms with Crippen molar-refractivity contribution in [3.63, 3.8) is 0 Å². The third-order valence-corrected chi connectivity index (χ3v) is 1.87. The highest BCUT2D eigenvalue weighted by atomic mass is 16.5. The number of carbonyl (C=O) groups excluding carboxylic acids is 2. The van der Waals surface area contributed by atoms with Gasteiger partial charge in [0.05, 0.1) is 18.8 Å². The molecular formula is C15H22O6. The minimum absolute atomic E-state index is 0.0449. The molecule has 0 aliphatic carbocycles. The summed E-state index contributed by atoms with van der Waals surface area (Å²) in [4.78, 5) is 31.2. The molecule has 0 radical (unpaired) electrons. The van der Waals surface area contributed by atoms with Gasteiger partial charge in [-0.3, -0.25) is 0 Å². The van der Waals surface area contributed by atoms with Gasteiger partial charge in [0, 0.05) is 12.2 Å². The van der Waals surface area contributed by atoms with Gasteiger partial charge in [0.2, 0.25) is 0 Å². The Balaban J connectivity index is 0. The first kappa shape index (κ1) is 20.9. The van der Waals surface area contributed by atoms with Crippen molar-refractivity contribution in [3.8, 4) is 0 Å². The summed E-state index contributed by atoms with van der Waals surface area (Å²) < 4.78 is 9.23.